The zero-order valence-corrected chi connectivity index (χ0v) is 20.3. The minimum Gasteiger partial charge on any atom is -0.293 e. The van der Waals surface area contributed by atoms with Gasteiger partial charge in [-0.15, -0.1) is 0 Å². The molecule has 7 nitrogen and oxygen atoms in total. The number of carbonyl (C=O) groups is 1. The van der Waals surface area contributed by atoms with Crippen LogP contribution in [0, 0.1) is 0 Å². The first-order valence-electron chi connectivity index (χ1n) is 10.6. The average molecular weight is 494 g/mol. The molecule has 0 bridgehead atoms. The number of Topliss-reactive ketones (excluding diaryl/α,β-unsaturated/α-hetero) is 1. The van der Waals surface area contributed by atoms with Gasteiger partial charge in [-0.2, -0.15) is 0 Å². The number of hydrogen-bond acceptors (Lipinski definition) is 6. The van der Waals surface area contributed by atoms with E-state index >= 15 is 0 Å². The van der Waals surface area contributed by atoms with E-state index in [0.29, 0.717) is 33.0 Å². The largest absolute Gasteiger partial charge is 0.293 e. The van der Waals surface area contributed by atoms with Gasteiger partial charge in [-0.25, -0.2) is 13.4 Å². The van der Waals surface area contributed by atoms with Crippen molar-refractivity contribution < 1.29 is 13.2 Å². The summed E-state index contributed by atoms with van der Waals surface area (Å²) < 4.78 is 26.6. The summed E-state index contributed by atoms with van der Waals surface area (Å²) in [6.07, 6.45) is 1.95. The summed E-state index contributed by atoms with van der Waals surface area (Å²) in [5, 5.41) is 0.934. The summed E-state index contributed by atoms with van der Waals surface area (Å²) in [6, 6.07) is 21.1. The first-order chi connectivity index (χ1) is 16.2. The topological polar surface area (TPSA) is 98.1 Å². The highest BCUT2D eigenvalue weighted by molar-refractivity contribution is 7.99. The number of aromatic nitrogens is 2. The molecule has 0 aliphatic rings. The predicted octanol–water partition coefficient (Wildman–Crippen LogP) is 4.29. The van der Waals surface area contributed by atoms with E-state index in [2.05, 4.69) is 16.6 Å². The van der Waals surface area contributed by atoms with Gasteiger partial charge in [0.15, 0.2) is 10.9 Å². The maximum atomic E-state index is 13.3. The minimum absolute atomic E-state index is 0.0661. The number of para-hydroxylation sites is 1. The summed E-state index contributed by atoms with van der Waals surface area (Å²) in [4.78, 5) is 30.8. The molecule has 0 saturated heterocycles. The number of thioether (sulfide) groups is 1. The molecular weight excluding hydrogens is 470 g/mol. The van der Waals surface area contributed by atoms with E-state index in [1.807, 2.05) is 30.3 Å². The highest BCUT2D eigenvalue weighted by Gasteiger charge is 2.16. The Morgan fingerprint density at radius 3 is 2.32 bits per heavy atom. The van der Waals surface area contributed by atoms with E-state index in [-0.39, 0.29) is 17.1 Å². The Morgan fingerprint density at radius 1 is 1.00 bits per heavy atom. The lowest BCUT2D eigenvalue weighted by atomic mass is 10.1. The molecule has 0 atom stereocenters. The van der Waals surface area contributed by atoms with Crippen molar-refractivity contribution in [3.8, 4) is 5.69 Å². The number of sulfonamides is 1. The van der Waals surface area contributed by atoms with Crippen LogP contribution in [0.3, 0.4) is 0 Å². The van der Waals surface area contributed by atoms with Crippen LogP contribution in [0.2, 0.25) is 0 Å². The number of anilines is 1. The Bertz CT molecular complexity index is 1510. The molecule has 0 spiro atoms. The van der Waals surface area contributed by atoms with Crippen molar-refractivity contribution >= 4 is 44.2 Å². The minimum atomic E-state index is -3.39. The predicted molar refractivity (Wildman–Crippen MR) is 137 cm³/mol. The van der Waals surface area contributed by atoms with E-state index < -0.39 is 10.0 Å². The van der Waals surface area contributed by atoms with Crippen molar-refractivity contribution in [1.29, 1.82) is 0 Å². The summed E-state index contributed by atoms with van der Waals surface area (Å²) in [7, 11) is -3.39. The van der Waals surface area contributed by atoms with Gasteiger partial charge >= 0.3 is 0 Å². The van der Waals surface area contributed by atoms with Crippen LogP contribution < -0.4 is 10.3 Å². The number of hydrogen-bond donors (Lipinski definition) is 1. The molecule has 0 fully saturated rings. The van der Waals surface area contributed by atoms with E-state index in [0.717, 1.165) is 18.2 Å². The molecule has 0 saturated carbocycles. The fourth-order valence-corrected chi connectivity index (χ4v) is 4.94. The summed E-state index contributed by atoms with van der Waals surface area (Å²) in [6.45, 7) is 2.06. The van der Waals surface area contributed by atoms with Crippen LogP contribution in [-0.2, 0) is 16.4 Å². The second-order valence-electron chi connectivity index (χ2n) is 7.74. The smallest absolute Gasteiger partial charge is 0.266 e. The highest BCUT2D eigenvalue weighted by atomic mass is 32.2. The molecule has 9 heteroatoms. The maximum Gasteiger partial charge on any atom is 0.266 e. The van der Waals surface area contributed by atoms with Crippen molar-refractivity contribution in [3.05, 3.63) is 94.3 Å². The van der Waals surface area contributed by atoms with Crippen LogP contribution >= 0.6 is 11.8 Å². The van der Waals surface area contributed by atoms with Crippen LogP contribution in [0.1, 0.15) is 22.8 Å². The second kappa shape index (κ2) is 9.82. The zero-order chi connectivity index (χ0) is 24.3. The first kappa shape index (κ1) is 23.7. The number of benzene rings is 3. The fraction of sp³-hybridized carbons (Fsp3) is 0.160. The van der Waals surface area contributed by atoms with Gasteiger partial charge in [-0.1, -0.05) is 43.0 Å². The number of nitrogens with zero attached hydrogens (tertiary/aromatic N) is 2. The van der Waals surface area contributed by atoms with Gasteiger partial charge in [0.25, 0.3) is 5.56 Å². The average Bonchev–Trinajstić information content (AvgIpc) is 2.82. The normalized spacial score (nSPS) is 11.5. The van der Waals surface area contributed by atoms with Crippen LogP contribution in [-0.4, -0.2) is 35.8 Å². The van der Waals surface area contributed by atoms with E-state index in [4.69, 9.17) is 0 Å². The number of aryl methyl sites for hydroxylation is 1. The third kappa shape index (κ3) is 5.37. The molecule has 4 aromatic rings. The number of ketones is 1. The van der Waals surface area contributed by atoms with Gasteiger partial charge < -0.3 is 0 Å². The van der Waals surface area contributed by atoms with E-state index in [1.165, 1.54) is 11.8 Å². The van der Waals surface area contributed by atoms with Crippen molar-refractivity contribution in [1.82, 2.24) is 9.55 Å². The molecule has 4 rings (SSSR count). The highest BCUT2D eigenvalue weighted by Crippen LogP contribution is 2.23. The van der Waals surface area contributed by atoms with Crippen LogP contribution in [0.5, 0.6) is 0 Å². The lowest BCUT2D eigenvalue weighted by Crippen LogP contribution is -2.22. The first-order valence-corrected chi connectivity index (χ1v) is 13.5. The van der Waals surface area contributed by atoms with Crippen molar-refractivity contribution in [3.63, 3.8) is 0 Å². The molecule has 0 aliphatic heterocycles. The molecule has 1 heterocycles. The van der Waals surface area contributed by atoms with Gasteiger partial charge in [0.1, 0.15) is 0 Å². The monoisotopic (exact) mass is 493 g/mol. The Labute approximate surface area is 201 Å². The van der Waals surface area contributed by atoms with Gasteiger partial charge in [0.2, 0.25) is 10.0 Å². The Hall–Kier alpha value is -3.43. The molecule has 0 unspecified atom stereocenters. The molecule has 0 amide bonds. The van der Waals surface area contributed by atoms with Crippen molar-refractivity contribution in [2.75, 3.05) is 16.7 Å². The maximum absolute atomic E-state index is 13.3. The van der Waals surface area contributed by atoms with Crippen LogP contribution in [0.15, 0.2) is 82.7 Å². The lowest BCUT2D eigenvalue weighted by molar-refractivity contribution is 0.102. The molecule has 34 heavy (non-hydrogen) atoms. The van der Waals surface area contributed by atoms with Crippen LogP contribution in [0.25, 0.3) is 16.6 Å². The number of nitrogens with one attached hydrogen (secondary N) is 1. The quantitative estimate of drug-likeness (QED) is 0.223. The Kier molecular flexibility index (Phi) is 6.85. The standard InChI is InChI=1S/C25H23N3O4S2/c1-3-17-8-14-20(15-9-17)28-24(30)21-6-4-5-7-22(21)26-25(28)33-16-23(29)18-10-12-19(13-11-18)27-34(2,31)32/h4-15,27H,3,16H2,1-2H3. The molecule has 1 aromatic heterocycles. The lowest BCUT2D eigenvalue weighted by Gasteiger charge is -2.13. The summed E-state index contributed by atoms with van der Waals surface area (Å²) in [5.41, 5.74) is 3.04. The van der Waals surface area contributed by atoms with Crippen LogP contribution in [0.4, 0.5) is 5.69 Å². The van der Waals surface area contributed by atoms with Gasteiger partial charge in [-0.05, 0) is 60.5 Å². The summed E-state index contributed by atoms with van der Waals surface area (Å²) >= 11 is 1.19. The second-order valence-corrected chi connectivity index (χ2v) is 10.4. The molecule has 0 radical (unpaired) electrons. The Balaban J connectivity index is 1.64. The molecule has 0 aliphatic carbocycles. The van der Waals surface area contributed by atoms with E-state index in [1.54, 1.807) is 47.0 Å². The van der Waals surface area contributed by atoms with Crippen molar-refractivity contribution in [2.24, 2.45) is 0 Å². The van der Waals surface area contributed by atoms with Gasteiger partial charge in [-0.3, -0.25) is 18.9 Å². The number of rotatable bonds is 8. The third-order valence-corrected chi connectivity index (χ3v) is 6.74. The molecule has 1 N–H and O–H groups in total. The van der Waals surface area contributed by atoms with Crippen molar-refractivity contribution in [2.45, 2.75) is 18.5 Å². The molecule has 174 valence electrons. The van der Waals surface area contributed by atoms with E-state index in [9.17, 15) is 18.0 Å². The zero-order valence-electron chi connectivity index (χ0n) is 18.7. The van der Waals surface area contributed by atoms with Gasteiger partial charge in [0.05, 0.1) is 28.6 Å². The summed E-state index contributed by atoms with van der Waals surface area (Å²) in [5.74, 6) is -0.0948. The third-order valence-electron chi connectivity index (χ3n) is 5.19. The Morgan fingerprint density at radius 2 is 1.68 bits per heavy atom. The van der Waals surface area contributed by atoms with Gasteiger partial charge in [0, 0.05) is 11.3 Å². The molecular formula is C25H23N3O4S2. The number of carbonyl (C=O) groups excluding carboxylic acids is 1. The molecule has 3 aromatic carbocycles. The number of fused-ring (bicyclic) bond motifs is 1. The fourth-order valence-electron chi connectivity index (χ4n) is 3.47. The SMILES string of the molecule is CCc1ccc(-n2c(SCC(=O)c3ccc(NS(C)(=O)=O)cc3)nc3ccccc3c2=O)cc1.